The van der Waals surface area contributed by atoms with Gasteiger partial charge in [0, 0.05) is 17.7 Å². The van der Waals surface area contributed by atoms with Crippen LogP contribution in [0, 0.1) is 0 Å². The van der Waals surface area contributed by atoms with Crippen LogP contribution in [-0.2, 0) is 7.05 Å². The van der Waals surface area contributed by atoms with Crippen LogP contribution in [0.2, 0.25) is 0 Å². The van der Waals surface area contributed by atoms with Gasteiger partial charge in [-0.1, -0.05) is 52.3 Å². The molecule has 142 valence electrons. The zero-order valence-corrected chi connectivity index (χ0v) is 17.1. The maximum Gasteiger partial charge on any atom is 0.347 e. The minimum absolute atomic E-state index is 0.102. The van der Waals surface area contributed by atoms with Crippen molar-refractivity contribution in [1.29, 1.82) is 0 Å². The normalized spacial score (nSPS) is 12.1. The molecule has 3 rings (SSSR count). The number of carbonyl (C=O) groups is 1. The molecule has 0 radical (unpaired) electrons. The Morgan fingerprint density at radius 3 is 2.18 bits per heavy atom. The fraction of sp³-hybridized carbons (Fsp3) is 0.136. The Bertz CT molecular complexity index is 1050. The summed E-state index contributed by atoms with van der Waals surface area (Å²) in [6, 6.07) is 17.0. The molecule has 0 fully saturated rings. The van der Waals surface area contributed by atoms with Crippen molar-refractivity contribution in [2.75, 3.05) is 0 Å². The summed E-state index contributed by atoms with van der Waals surface area (Å²) in [5.74, 6) is 0.238. The molecule has 1 heterocycles. The Balaban J connectivity index is 1.64. The van der Waals surface area contributed by atoms with Crippen LogP contribution in [-0.4, -0.2) is 21.4 Å². The van der Waals surface area contributed by atoms with Crippen LogP contribution in [0.1, 0.15) is 28.5 Å². The molecule has 1 atom stereocenters. The number of halogens is 1. The van der Waals surface area contributed by atoms with Gasteiger partial charge in [0.1, 0.15) is 11.4 Å². The highest BCUT2D eigenvalue weighted by molar-refractivity contribution is 9.10. The van der Waals surface area contributed by atoms with Crippen LogP contribution in [0.5, 0.6) is 5.75 Å². The SMILES string of the molecule is CC(Oc1ccc(/C=C/c2ccc(Br)cc2)cc1)C(=O)c1ccn(C)c(=O)n1. The summed E-state index contributed by atoms with van der Waals surface area (Å²) >= 11 is 3.42. The smallest absolute Gasteiger partial charge is 0.347 e. The summed E-state index contributed by atoms with van der Waals surface area (Å²) in [6.45, 7) is 1.64. The number of carbonyl (C=O) groups excluding carboxylic acids is 1. The third-order valence-corrected chi connectivity index (χ3v) is 4.66. The molecule has 28 heavy (non-hydrogen) atoms. The third kappa shape index (κ3) is 5.04. The van der Waals surface area contributed by atoms with Gasteiger partial charge >= 0.3 is 5.69 Å². The number of Topliss-reactive ketones (excluding diaryl/α,β-unsaturated/α-hetero) is 1. The second-order valence-corrected chi connectivity index (χ2v) is 7.20. The van der Waals surface area contributed by atoms with Gasteiger partial charge in [0.2, 0.25) is 5.78 Å². The Morgan fingerprint density at radius 2 is 1.61 bits per heavy atom. The molecular formula is C22H19BrN2O3. The molecule has 0 aliphatic carbocycles. The summed E-state index contributed by atoms with van der Waals surface area (Å²) in [7, 11) is 1.58. The van der Waals surface area contributed by atoms with E-state index in [4.69, 9.17) is 4.74 Å². The van der Waals surface area contributed by atoms with Crippen molar-refractivity contribution in [3.05, 3.63) is 92.6 Å². The molecule has 0 aliphatic rings. The van der Waals surface area contributed by atoms with Crippen LogP contribution in [0.3, 0.4) is 0 Å². The quantitative estimate of drug-likeness (QED) is 0.423. The van der Waals surface area contributed by atoms with Crippen molar-refractivity contribution in [2.45, 2.75) is 13.0 Å². The van der Waals surface area contributed by atoms with E-state index in [9.17, 15) is 9.59 Å². The van der Waals surface area contributed by atoms with Gasteiger partial charge in [-0.05, 0) is 48.4 Å². The molecule has 5 nitrogen and oxygen atoms in total. The predicted molar refractivity (Wildman–Crippen MR) is 113 cm³/mol. The average Bonchev–Trinajstić information content (AvgIpc) is 2.70. The van der Waals surface area contributed by atoms with Gasteiger partial charge in [-0.15, -0.1) is 0 Å². The van der Waals surface area contributed by atoms with Gasteiger partial charge in [0.15, 0.2) is 6.10 Å². The predicted octanol–water partition coefficient (Wildman–Crippen LogP) is 4.36. The number of nitrogens with zero attached hydrogens (tertiary/aromatic N) is 2. The first-order chi connectivity index (χ1) is 13.4. The van der Waals surface area contributed by atoms with Crippen LogP contribution in [0.4, 0.5) is 0 Å². The molecule has 0 saturated carbocycles. The minimum Gasteiger partial charge on any atom is -0.483 e. The zero-order chi connectivity index (χ0) is 20.1. The first-order valence-corrected chi connectivity index (χ1v) is 9.50. The number of hydrogen-bond donors (Lipinski definition) is 0. The van der Waals surface area contributed by atoms with Gasteiger partial charge in [-0.25, -0.2) is 4.79 Å². The van der Waals surface area contributed by atoms with Gasteiger partial charge in [0.25, 0.3) is 0 Å². The molecule has 0 N–H and O–H groups in total. The zero-order valence-electron chi connectivity index (χ0n) is 15.5. The lowest BCUT2D eigenvalue weighted by Crippen LogP contribution is -2.29. The average molecular weight is 439 g/mol. The van der Waals surface area contributed by atoms with E-state index in [1.165, 1.54) is 16.8 Å². The Kier molecular flexibility index (Phi) is 6.21. The Morgan fingerprint density at radius 1 is 1.04 bits per heavy atom. The molecule has 3 aromatic rings. The van der Waals surface area contributed by atoms with E-state index in [1.807, 2.05) is 60.7 Å². The van der Waals surface area contributed by atoms with Crippen molar-refractivity contribution in [3.63, 3.8) is 0 Å². The summed E-state index contributed by atoms with van der Waals surface area (Å²) in [4.78, 5) is 27.8. The molecule has 0 saturated heterocycles. The second kappa shape index (κ2) is 8.80. The lowest BCUT2D eigenvalue weighted by molar-refractivity contribution is 0.0812. The van der Waals surface area contributed by atoms with Crippen molar-refractivity contribution < 1.29 is 9.53 Å². The lowest BCUT2D eigenvalue weighted by atomic mass is 10.1. The van der Waals surface area contributed by atoms with Crippen LogP contribution in [0.15, 0.2) is 70.1 Å². The Labute approximate surface area is 171 Å². The highest BCUT2D eigenvalue weighted by Crippen LogP contribution is 2.18. The van der Waals surface area contributed by atoms with Gasteiger partial charge in [-0.3, -0.25) is 4.79 Å². The van der Waals surface area contributed by atoms with Gasteiger partial charge < -0.3 is 9.30 Å². The standard InChI is InChI=1S/C22H19BrN2O3/c1-15(21(26)20-13-14-25(2)22(27)24-20)28-19-11-7-17(8-12-19)4-3-16-5-9-18(23)10-6-16/h3-15H,1-2H3/b4-3+. The number of aryl methyl sites for hydroxylation is 1. The van der Waals surface area contributed by atoms with E-state index < -0.39 is 11.8 Å². The van der Waals surface area contributed by atoms with E-state index in [2.05, 4.69) is 20.9 Å². The molecule has 0 amide bonds. The first kappa shape index (κ1) is 19.8. The third-order valence-electron chi connectivity index (χ3n) is 4.13. The van der Waals surface area contributed by atoms with Gasteiger partial charge in [-0.2, -0.15) is 4.98 Å². The van der Waals surface area contributed by atoms with Crippen molar-refractivity contribution in [1.82, 2.24) is 9.55 Å². The monoisotopic (exact) mass is 438 g/mol. The summed E-state index contributed by atoms with van der Waals surface area (Å²) in [5.41, 5.74) is 1.75. The lowest BCUT2D eigenvalue weighted by Gasteiger charge is -2.13. The van der Waals surface area contributed by atoms with Crippen LogP contribution in [0.25, 0.3) is 12.2 Å². The molecule has 2 aromatic carbocycles. The van der Waals surface area contributed by atoms with E-state index in [0.717, 1.165) is 15.6 Å². The van der Waals surface area contributed by atoms with Crippen LogP contribution < -0.4 is 10.4 Å². The highest BCUT2D eigenvalue weighted by atomic mass is 79.9. The number of hydrogen-bond acceptors (Lipinski definition) is 4. The first-order valence-electron chi connectivity index (χ1n) is 8.70. The number of ether oxygens (including phenoxy) is 1. The number of rotatable bonds is 6. The molecule has 0 spiro atoms. The maximum atomic E-state index is 12.4. The number of aromatic nitrogens is 2. The molecule has 0 bridgehead atoms. The molecular weight excluding hydrogens is 420 g/mol. The van der Waals surface area contributed by atoms with Crippen molar-refractivity contribution in [3.8, 4) is 5.75 Å². The van der Waals surface area contributed by atoms with Crippen LogP contribution >= 0.6 is 15.9 Å². The summed E-state index contributed by atoms with van der Waals surface area (Å²) in [5, 5.41) is 0. The molecule has 1 unspecified atom stereocenters. The minimum atomic E-state index is -0.747. The maximum absolute atomic E-state index is 12.4. The summed E-state index contributed by atoms with van der Waals surface area (Å²) in [6.07, 6.45) is 4.80. The Hall–Kier alpha value is -2.99. The van der Waals surface area contributed by atoms with E-state index in [-0.39, 0.29) is 11.5 Å². The van der Waals surface area contributed by atoms with Gasteiger partial charge in [0.05, 0.1) is 0 Å². The van der Waals surface area contributed by atoms with Crippen molar-refractivity contribution >= 4 is 33.9 Å². The fourth-order valence-electron chi connectivity index (χ4n) is 2.49. The number of benzene rings is 2. The fourth-order valence-corrected chi connectivity index (χ4v) is 2.76. The largest absolute Gasteiger partial charge is 0.483 e. The number of ketones is 1. The van der Waals surface area contributed by atoms with Crippen molar-refractivity contribution in [2.24, 2.45) is 7.05 Å². The van der Waals surface area contributed by atoms with E-state index in [1.54, 1.807) is 14.0 Å². The van der Waals surface area contributed by atoms with E-state index in [0.29, 0.717) is 5.75 Å². The summed E-state index contributed by atoms with van der Waals surface area (Å²) < 4.78 is 8.05. The van der Waals surface area contributed by atoms with E-state index >= 15 is 0 Å². The molecule has 1 aromatic heterocycles. The molecule has 0 aliphatic heterocycles. The highest BCUT2D eigenvalue weighted by Gasteiger charge is 2.19. The topological polar surface area (TPSA) is 61.2 Å². The molecule has 6 heteroatoms. The second-order valence-electron chi connectivity index (χ2n) is 6.28.